The van der Waals surface area contributed by atoms with Crippen LogP contribution in [0.5, 0.6) is 5.88 Å². The molecule has 0 saturated heterocycles. The van der Waals surface area contributed by atoms with Gasteiger partial charge in [-0.05, 0) is 0 Å². The molecule has 0 aliphatic rings. The molecular weight excluding hydrogens is 130 g/mol. The second kappa shape index (κ2) is 2.18. The first-order chi connectivity index (χ1) is 3.43. The largest absolute Gasteiger partial charge is 0.408 e. The van der Waals surface area contributed by atoms with E-state index in [9.17, 15) is 0 Å². The van der Waals surface area contributed by atoms with Crippen LogP contribution >= 0.6 is 24.2 Å². The van der Waals surface area contributed by atoms with Crippen molar-refractivity contribution in [2.45, 2.75) is 0 Å². The molecule has 0 amide bonds. The standard InChI is InChI=1S/C3H3NOS2/c6-5-3-1-7-2-4-3/h1-2,6H. The SMILES string of the molecule is SOc1cscn1. The maximum absolute atomic E-state index is 4.45. The van der Waals surface area contributed by atoms with Crippen LogP contribution in [0.15, 0.2) is 10.9 Å². The number of thiazole rings is 1. The minimum absolute atomic E-state index is 0.563. The Morgan fingerprint density at radius 1 is 1.86 bits per heavy atom. The van der Waals surface area contributed by atoms with Crippen LogP contribution in [0.4, 0.5) is 0 Å². The Kier molecular flexibility index (Phi) is 1.54. The molecule has 1 heterocycles. The first kappa shape index (κ1) is 4.93. The maximum atomic E-state index is 4.45. The number of hydrogen-bond donors (Lipinski definition) is 1. The molecule has 0 bridgehead atoms. The molecular formula is C3H3NOS2. The normalized spacial score (nSPS) is 8.71. The molecule has 2 nitrogen and oxygen atoms in total. The van der Waals surface area contributed by atoms with Crippen LogP contribution < -0.4 is 4.18 Å². The highest BCUT2D eigenvalue weighted by molar-refractivity contribution is 7.75. The smallest absolute Gasteiger partial charge is 0.238 e. The average molecular weight is 133 g/mol. The van der Waals surface area contributed by atoms with E-state index in [0.29, 0.717) is 5.88 Å². The van der Waals surface area contributed by atoms with Crippen LogP contribution in [0.2, 0.25) is 0 Å². The molecule has 1 aromatic rings. The van der Waals surface area contributed by atoms with Crippen molar-refractivity contribution in [2.24, 2.45) is 0 Å². The lowest BCUT2D eigenvalue weighted by atomic mass is 10.9. The molecule has 1 rings (SSSR count). The summed E-state index contributed by atoms with van der Waals surface area (Å²) in [5, 5.41) is 1.77. The highest BCUT2D eigenvalue weighted by atomic mass is 32.1. The van der Waals surface area contributed by atoms with Gasteiger partial charge < -0.3 is 4.18 Å². The van der Waals surface area contributed by atoms with Gasteiger partial charge in [-0.25, -0.2) is 4.98 Å². The fourth-order valence-electron chi connectivity index (χ4n) is 0.247. The first-order valence-electron chi connectivity index (χ1n) is 1.63. The van der Waals surface area contributed by atoms with Gasteiger partial charge in [0.2, 0.25) is 5.88 Å². The Hall–Kier alpha value is -0.220. The molecule has 0 fully saturated rings. The molecule has 1 aromatic heterocycles. The van der Waals surface area contributed by atoms with Crippen LogP contribution in [0.25, 0.3) is 0 Å². The third kappa shape index (κ3) is 1.07. The third-order valence-electron chi connectivity index (χ3n) is 0.503. The number of nitrogens with zero attached hydrogens (tertiary/aromatic N) is 1. The molecule has 0 aliphatic carbocycles. The van der Waals surface area contributed by atoms with E-state index in [1.807, 2.05) is 0 Å². The number of hydrogen-bond acceptors (Lipinski definition) is 4. The van der Waals surface area contributed by atoms with Crippen molar-refractivity contribution >= 4 is 24.2 Å². The fourth-order valence-corrected chi connectivity index (χ4v) is 0.869. The summed E-state index contributed by atoms with van der Waals surface area (Å²) in [6.45, 7) is 0. The highest BCUT2D eigenvalue weighted by Gasteiger charge is 1.86. The van der Waals surface area contributed by atoms with Gasteiger partial charge in [0.1, 0.15) is 0 Å². The monoisotopic (exact) mass is 133 g/mol. The van der Waals surface area contributed by atoms with Gasteiger partial charge in [-0.1, -0.05) is 0 Å². The van der Waals surface area contributed by atoms with Crippen LogP contribution in [-0.2, 0) is 0 Å². The molecule has 0 aliphatic heterocycles. The lowest BCUT2D eigenvalue weighted by molar-refractivity contribution is 0.634. The third-order valence-corrected chi connectivity index (χ3v) is 1.26. The molecule has 0 aromatic carbocycles. The second-order valence-electron chi connectivity index (χ2n) is 0.918. The van der Waals surface area contributed by atoms with E-state index in [-0.39, 0.29) is 0 Å². The Labute approximate surface area is 50.8 Å². The van der Waals surface area contributed by atoms with Crippen LogP contribution in [-0.4, -0.2) is 4.98 Å². The Balaban J connectivity index is 2.76. The lowest BCUT2D eigenvalue weighted by Crippen LogP contribution is -1.68. The quantitative estimate of drug-likeness (QED) is 0.461. The van der Waals surface area contributed by atoms with E-state index in [1.165, 1.54) is 11.3 Å². The van der Waals surface area contributed by atoms with Gasteiger partial charge in [-0.3, -0.25) is 0 Å². The van der Waals surface area contributed by atoms with E-state index in [1.54, 1.807) is 10.9 Å². The zero-order valence-electron chi connectivity index (χ0n) is 3.37. The van der Waals surface area contributed by atoms with Gasteiger partial charge in [-0.15, -0.1) is 11.3 Å². The van der Waals surface area contributed by atoms with Crippen LogP contribution in [0, 0.1) is 0 Å². The van der Waals surface area contributed by atoms with Crippen molar-refractivity contribution in [1.82, 2.24) is 4.98 Å². The number of aromatic nitrogens is 1. The van der Waals surface area contributed by atoms with E-state index in [4.69, 9.17) is 0 Å². The first-order valence-corrected chi connectivity index (χ1v) is 2.94. The van der Waals surface area contributed by atoms with E-state index in [2.05, 4.69) is 22.1 Å². The molecule has 0 unspecified atom stereocenters. The highest BCUT2D eigenvalue weighted by Crippen LogP contribution is 2.09. The molecule has 4 heteroatoms. The zero-order chi connectivity index (χ0) is 5.11. The van der Waals surface area contributed by atoms with Crippen LogP contribution in [0.1, 0.15) is 0 Å². The predicted octanol–water partition coefficient (Wildman–Crippen LogP) is 1.37. The predicted molar refractivity (Wildman–Crippen MR) is 31.7 cm³/mol. The average Bonchev–Trinajstić information content (AvgIpc) is 2.14. The second-order valence-corrected chi connectivity index (χ2v) is 1.82. The summed E-state index contributed by atoms with van der Waals surface area (Å²) in [5.74, 6) is 0.563. The van der Waals surface area contributed by atoms with Gasteiger partial charge in [0.15, 0.2) is 0 Å². The zero-order valence-corrected chi connectivity index (χ0v) is 5.08. The van der Waals surface area contributed by atoms with E-state index >= 15 is 0 Å². The molecule has 0 saturated carbocycles. The summed E-state index contributed by atoms with van der Waals surface area (Å²) >= 11 is 5.00. The summed E-state index contributed by atoms with van der Waals surface area (Å²) in [5.41, 5.74) is 1.69. The van der Waals surface area contributed by atoms with Crippen molar-refractivity contribution in [3.8, 4) is 5.88 Å². The van der Waals surface area contributed by atoms with Crippen LogP contribution in [0.3, 0.4) is 0 Å². The van der Waals surface area contributed by atoms with E-state index < -0.39 is 0 Å². The van der Waals surface area contributed by atoms with Gasteiger partial charge in [-0.2, -0.15) is 0 Å². The molecule has 0 N–H and O–H groups in total. The minimum atomic E-state index is 0.563. The summed E-state index contributed by atoms with van der Waals surface area (Å²) in [6, 6.07) is 0. The molecule has 38 valence electrons. The fraction of sp³-hybridized carbons (Fsp3) is 0. The maximum Gasteiger partial charge on any atom is 0.238 e. The molecule has 0 atom stereocenters. The topological polar surface area (TPSA) is 22.1 Å². The Bertz CT molecular complexity index is 127. The molecule has 7 heavy (non-hydrogen) atoms. The number of rotatable bonds is 1. The van der Waals surface area contributed by atoms with Crippen molar-refractivity contribution in [3.63, 3.8) is 0 Å². The minimum Gasteiger partial charge on any atom is -0.408 e. The van der Waals surface area contributed by atoms with Gasteiger partial charge >= 0.3 is 0 Å². The lowest BCUT2D eigenvalue weighted by Gasteiger charge is -1.82. The Morgan fingerprint density at radius 2 is 2.71 bits per heavy atom. The van der Waals surface area contributed by atoms with Crippen molar-refractivity contribution < 1.29 is 4.18 Å². The van der Waals surface area contributed by atoms with Crippen molar-refractivity contribution in [3.05, 3.63) is 10.9 Å². The van der Waals surface area contributed by atoms with Gasteiger partial charge in [0, 0.05) is 12.9 Å². The molecule has 0 spiro atoms. The van der Waals surface area contributed by atoms with Crippen molar-refractivity contribution in [2.75, 3.05) is 0 Å². The van der Waals surface area contributed by atoms with Crippen molar-refractivity contribution in [1.29, 1.82) is 0 Å². The summed E-state index contributed by atoms with van der Waals surface area (Å²) in [7, 11) is 0. The van der Waals surface area contributed by atoms with E-state index in [0.717, 1.165) is 0 Å². The van der Waals surface area contributed by atoms with Gasteiger partial charge in [0.25, 0.3) is 0 Å². The number of thiol groups is 1. The Morgan fingerprint density at radius 3 is 3.00 bits per heavy atom. The molecule has 0 radical (unpaired) electrons. The summed E-state index contributed by atoms with van der Waals surface area (Å²) < 4.78 is 4.45. The summed E-state index contributed by atoms with van der Waals surface area (Å²) in [6.07, 6.45) is 0. The summed E-state index contributed by atoms with van der Waals surface area (Å²) in [4.78, 5) is 3.75. The van der Waals surface area contributed by atoms with Gasteiger partial charge in [0.05, 0.1) is 10.9 Å².